The topological polar surface area (TPSA) is 46.2 Å². The van der Waals surface area contributed by atoms with E-state index in [4.69, 9.17) is 0 Å². The average molecular weight is 422 g/mol. The molecule has 5 heteroatoms. The number of rotatable bonds is 8. The fourth-order valence-electron chi connectivity index (χ4n) is 2.63. The third-order valence-electron chi connectivity index (χ3n) is 4.03. The smallest absolute Gasteiger partial charge is 0.208 e. The van der Waals surface area contributed by atoms with Crippen LogP contribution in [0.4, 0.5) is 0 Å². The van der Waals surface area contributed by atoms with Crippen molar-refractivity contribution in [3.8, 4) is 0 Å². The van der Waals surface area contributed by atoms with Crippen LogP contribution in [-0.2, 0) is 16.4 Å². The highest BCUT2D eigenvalue weighted by Crippen LogP contribution is 2.17. The molecule has 2 aromatic carbocycles. The summed E-state index contributed by atoms with van der Waals surface area (Å²) in [7, 11) is -3.53. The van der Waals surface area contributed by atoms with Gasteiger partial charge in [-0.2, -0.15) is 0 Å². The Bertz CT molecular complexity index is 799. The van der Waals surface area contributed by atoms with Gasteiger partial charge < -0.3 is 0 Å². The molecule has 0 heterocycles. The highest BCUT2D eigenvalue weighted by molar-refractivity contribution is 9.11. The largest absolute Gasteiger partial charge is 0.240 e. The Labute approximate surface area is 159 Å². The first-order valence-electron chi connectivity index (χ1n) is 8.29. The van der Waals surface area contributed by atoms with Crippen LogP contribution in [0.25, 0.3) is 0 Å². The summed E-state index contributed by atoms with van der Waals surface area (Å²) in [5.74, 6) is 0. The third kappa shape index (κ3) is 6.42. The van der Waals surface area contributed by atoms with Crippen molar-refractivity contribution in [1.82, 2.24) is 4.72 Å². The van der Waals surface area contributed by atoms with Gasteiger partial charge >= 0.3 is 0 Å². The molecule has 0 aliphatic carbocycles. The number of benzene rings is 2. The Kier molecular flexibility index (Phi) is 7.41. The molecule has 0 aliphatic heterocycles. The van der Waals surface area contributed by atoms with Crippen molar-refractivity contribution in [3.05, 3.63) is 76.3 Å². The molecular weight excluding hydrogens is 398 g/mol. The van der Waals surface area contributed by atoms with Gasteiger partial charge in [0.2, 0.25) is 10.0 Å². The predicted molar refractivity (Wildman–Crippen MR) is 107 cm³/mol. The van der Waals surface area contributed by atoms with E-state index in [-0.39, 0.29) is 6.04 Å². The van der Waals surface area contributed by atoms with E-state index in [0.29, 0.717) is 11.3 Å². The number of hydrogen-bond acceptors (Lipinski definition) is 2. The standard InChI is InChI=1S/C20H24BrNO2S/c1-16-8-12-20(13-9-16)25(23,24)22-19(14-17(2)15-21)11-10-18-6-4-3-5-7-18/h3-9,12-13,15,19,22H,10-11,14H2,1-2H3/b17-15+. The molecule has 2 aromatic rings. The normalized spacial score (nSPS) is 13.6. The fourth-order valence-corrected chi connectivity index (χ4v) is 4.08. The molecule has 2 rings (SSSR count). The first-order valence-corrected chi connectivity index (χ1v) is 10.7. The van der Waals surface area contributed by atoms with Gasteiger partial charge in [-0.05, 0) is 55.8 Å². The van der Waals surface area contributed by atoms with E-state index in [1.807, 2.05) is 49.2 Å². The zero-order valence-corrected chi connectivity index (χ0v) is 17.0. The van der Waals surface area contributed by atoms with E-state index >= 15 is 0 Å². The van der Waals surface area contributed by atoms with Crippen LogP contribution in [0, 0.1) is 6.92 Å². The lowest BCUT2D eigenvalue weighted by atomic mass is 10.0. The van der Waals surface area contributed by atoms with Crippen LogP contribution >= 0.6 is 15.9 Å². The van der Waals surface area contributed by atoms with Crippen LogP contribution < -0.4 is 4.72 Å². The molecule has 134 valence electrons. The van der Waals surface area contributed by atoms with Crippen molar-refractivity contribution in [3.63, 3.8) is 0 Å². The summed E-state index contributed by atoms with van der Waals surface area (Å²) in [6, 6.07) is 16.9. The zero-order chi connectivity index (χ0) is 18.3. The molecule has 0 aliphatic rings. The van der Waals surface area contributed by atoms with Crippen molar-refractivity contribution in [1.29, 1.82) is 0 Å². The number of sulfonamides is 1. The molecule has 1 atom stereocenters. The monoisotopic (exact) mass is 421 g/mol. The molecule has 0 saturated carbocycles. The van der Waals surface area contributed by atoms with Gasteiger partial charge in [0.1, 0.15) is 0 Å². The predicted octanol–water partition coefficient (Wildman–Crippen LogP) is 4.96. The Balaban J connectivity index is 2.12. The summed E-state index contributed by atoms with van der Waals surface area (Å²) in [6.07, 6.45) is 2.24. The van der Waals surface area contributed by atoms with Crippen molar-refractivity contribution < 1.29 is 8.42 Å². The van der Waals surface area contributed by atoms with Gasteiger partial charge in [0.05, 0.1) is 4.90 Å². The lowest BCUT2D eigenvalue weighted by Crippen LogP contribution is -2.35. The summed E-state index contributed by atoms with van der Waals surface area (Å²) in [5, 5.41) is 0. The lowest BCUT2D eigenvalue weighted by molar-refractivity contribution is 0.523. The highest BCUT2D eigenvalue weighted by Gasteiger charge is 2.20. The summed E-state index contributed by atoms with van der Waals surface area (Å²) in [5.41, 5.74) is 3.35. The van der Waals surface area contributed by atoms with Gasteiger partial charge in [-0.1, -0.05) is 69.5 Å². The van der Waals surface area contributed by atoms with E-state index in [0.717, 1.165) is 24.0 Å². The zero-order valence-electron chi connectivity index (χ0n) is 14.6. The van der Waals surface area contributed by atoms with E-state index in [2.05, 4.69) is 32.8 Å². The Hall–Kier alpha value is -1.43. The minimum Gasteiger partial charge on any atom is -0.208 e. The van der Waals surface area contributed by atoms with Crippen LogP contribution in [0.2, 0.25) is 0 Å². The van der Waals surface area contributed by atoms with Crippen molar-refractivity contribution >= 4 is 26.0 Å². The van der Waals surface area contributed by atoms with Crippen molar-refractivity contribution in [2.45, 2.75) is 44.0 Å². The second-order valence-corrected chi connectivity index (χ2v) is 8.49. The quantitative estimate of drug-likeness (QED) is 0.654. The molecule has 1 unspecified atom stereocenters. The van der Waals surface area contributed by atoms with E-state index in [1.54, 1.807) is 12.1 Å². The second kappa shape index (κ2) is 9.32. The van der Waals surface area contributed by atoms with Crippen molar-refractivity contribution in [2.75, 3.05) is 0 Å². The minimum atomic E-state index is -3.53. The first kappa shape index (κ1) is 19.9. The molecule has 1 N–H and O–H groups in total. The van der Waals surface area contributed by atoms with Crippen LogP contribution in [-0.4, -0.2) is 14.5 Å². The Morgan fingerprint density at radius 3 is 2.36 bits per heavy atom. The molecule has 0 bridgehead atoms. The number of nitrogens with one attached hydrogen (secondary N) is 1. The SMILES string of the molecule is C/C(=C\Br)CC(CCc1ccccc1)NS(=O)(=O)c1ccc(C)cc1. The molecule has 0 spiro atoms. The van der Waals surface area contributed by atoms with Crippen LogP contribution in [0.3, 0.4) is 0 Å². The molecule has 0 aromatic heterocycles. The van der Waals surface area contributed by atoms with Crippen LogP contribution in [0.15, 0.2) is 70.1 Å². The van der Waals surface area contributed by atoms with Crippen LogP contribution in [0.5, 0.6) is 0 Å². The summed E-state index contributed by atoms with van der Waals surface area (Å²) >= 11 is 3.33. The minimum absolute atomic E-state index is 0.152. The summed E-state index contributed by atoms with van der Waals surface area (Å²) in [4.78, 5) is 2.16. The lowest BCUT2D eigenvalue weighted by Gasteiger charge is -2.19. The number of hydrogen-bond donors (Lipinski definition) is 1. The molecule has 0 saturated heterocycles. The molecular formula is C20H24BrNO2S. The van der Waals surface area contributed by atoms with E-state index in [9.17, 15) is 8.42 Å². The number of halogens is 1. The van der Waals surface area contributed by atoms with Gasteiger partial charge in [0, 0.05) is 6.04 Å². The Morgan fingerprint density at radius 1 is 1.12 bits per heavy atom. The van der Waals surface area contributed by atoms with Gasteiger partial charge in [-0.15, -0.1) is 0 Å². The summed E-state index contributed by atoms with van der Waals surface area (Å²) < 4.78 is 28.3. The van der Waals surface area contributed by atoms with Gasteiger partial charge in [-0.25, -0.2) is 13.1 Å². The highest BCUT2D eigenvalue weighted by atomic mass is 79.9. The molecule has 0 amide bonds. The van der Waals surface area contributed by atoms with Gasteiger partial charge in [0.25, 0.3) is 0 Å². The second-order valence-electron chi connectivity index (χ2n) is 6.32. The maximum absolute atomic E-state index is 12.7. The third-order valence-corrected chi connectivity index (χ3v) is 6.35. The maximum atomic E-state index is 12.7. The fraction of sp³-hybridized carbons (Fsp3) is 0.300. The van der Waals surface area contributed by atoms with E-state index < -0.39 is 10.0 Å². The maximum Gasteiger partial charge on any atom is 0.240 e. The molecule has 0 radical (unpaired) electrons. The molecule has 0 fully saturated rings. The summed E-state index contributed by atoms with van der Waals surface area (Å²) in [6.45, 7) is 3.93. The van der Waals surface area contributed by atoms with Gasteiger partial charge in [-0.3, -0.25) is 0 Å². The Morgan fingerprint density at radius 2 is 1.76 bits per heavy atom. The van der Waals surface area contributed by atoms with Crippen molar-refractivity contribution in [2.24, 2.45) is 0 Å². The number of aryl methyl sites for hydroxylation is 2. The van der Waals surface area contributed by atoms with E-state index in [1.165, 1.54) is 5.56 Å². The first-order chi connectivity index (χ1) is 11.9. The molecule has 3 nitrogen and oxygen atoms in total. The average Bonchev–Trinajstić information content (AvgIpc) is 2.60. The van der Waals surface area contributed by atoms with Gasteiger partial charge in [0.15, 0.2) is 0 Å². The molecule has 25 heavy (non-hydrogen) atoms. The van der Waals surface area contributed by atoms with Crippen LogP contribution in [0.1, 0.15) is 30.9 Å².